The molecule has 10 heteroatoms. The highest BCUT2D eigenvalue weighted by Gasteiger charge is 2.33. The number of aliphatic carboxylic acids is 1. The summed E-state index contributed by atoms with van der Waals surface area (Å²) < 4.78 is 37.2. The van der Waals surface area contributed by atoms with Gasteiger partial charge in [-0.1, -0.05) is 11.8 Å². The number of halogens is 3. The van der Waals surface area contributed by atoms with Crippen LogP contribution in [0, 0.1) is 0 Å². The Morgan fingerprint density at radius 1 is 1.50 bits per heavy atom. The van der Waals surface area contributed by atoms with Crippen LogP contribution in [-0.4, -0.2) is 38.7 Å². The van der Waals surface area contributed by atoms with Crippen molar-refractivity contribution in [1.82, 2.24) is 15.3 Å². The number of carboxylic acids is 1. The number of amides is 1. The van der Waals surface area contributed by atoms with Gasteiger partial charge in [-0.05, 0) is 6.07 Å². The second kappa shape index (κ2) is 6.55. The van der Waals surface area contributed by atoms with Gasteiger partial charge in [-0.25, -0.2) is 14.8 Å². The third kappa shape index (κ3) is 5.03. The van der Waals surface area contributed by atoms with Crippen LogP contribution < -0.4 is 5.32 Å². The molecule has 1 rings (SSSR count). The molecular weight excluding hydrogens is 299 g/mol. The Morgan fingerprint density at radius 3 is 2.65 bits per heavy atom. The molecule has 0 saturated heterocycles. The number of alkyl halides is 3. The maximum absolute atomic E-state index is 12.4. The van der Waals surface area contributed by atoms with Gasteiger partial charge in [0.15, 0.2) is 5.16 Å². The molecule has 0 saturated carbocycles. The van der Waals surface area contributed by atoms with E-state index in [0.717, 1.165) is 13.1 Å². The lowest BCUT2D eigenvalue weighted by atomic mass is 10.3. The quantitative estimate of drug-likeness (QED) is 0.627. The monoisotopic (exact) mass is 309 g/mol. The average Bonchev–Trinajstić information content (AvgIpc) is 2.33. The van der Waals surface area contributed by atoms with Crippen LogP contribution in [0.4, 0.5) is 13.2 Å². The number of hydrogen-bond acceptors (Lipinski definition) is 5. The molecule has 0 spiro atoms. The second-order valence-electron chi connectivity index (χ2n) is 3.62. The van der Waals surface area contributed by atoms with Crippen molar-refractivity contribution in [1.29, 1.82) is 0 Å². The Labute approximate surface area is 115 Å². The van der Waals surface area contributed by atoms with E-state index in [0.29, 0.717) is 17.8 Å². The molecule has 0 bridgehead atoms. The highest BCUT2D eigenvalue weighted by Crippen LogP contribution is 2.28. The highest BCUT2D eigenvalue weighted by atomic mass is 32.2. The second-order valence-corrected chi connectivity index (χ2v) is 4.61. The summed E-state index contributed by atoms with van der Waals surface area (Å²) in [5.41, 5.74) is -1.11. The molecule has 2 N–H and O–H groups in total. The fraction of sp³-hybridized carbons (Fsp3) is 0.400. The van der Waals surface area contributed by atoms with Gasteiger partial charge in [0.25, 0.3) is 0 Å². The normalized spacial score (nSPS) is 12.8. The van der Waals surface area contributed by atoms with Gasteiger partial charge in [0.1, 0.15) is 11.7 Å². The van der Waals surface area contributed by atoms with Gasteiger partial charge in [0.2, 0.25) is 5.91 Å². The first-order chi connectivity index (χ1) is 9.20. The van der Waals surface area contributed by atoms with E-state index >= 15 is 0 Å². The lowest BCUT2D eigenvalue weighted by Gasteiger charge is -2.12. The number of nitrogens with zero attached hydrogens (tertiary/aromatic N) is 2. The summed E-state index contributed by atoms with van der Waals surface area (Å²) in [5.74, 6) is -2.03. The third-order valence-corrected chi connectivity index (χ3v) is 2.93. The van der Waals surface area contributed by atoms with E-state index in [4.69, 9.17) is 5.11 Å². The SMILES string of the molecule is CC(=O)N[C@@H](CSc1nccc(C(F)(F)F)n1)C(=O)O. The lowest BCUT2D eigenvalue weighted by Crippen LogP contribution is -2.41. The summed E-state index contributed by atoms with van der Waals surface area (Å²) in [7, 11) is 0. The smallest absolute Gasteiger partial charge is 0.433 e. The molecule has 1 aromatic heterocycles. The minimum atomic E-state index is -4.60. The Balaban J connectivity index is 2.73. The van der Waals surface area contributed by atoms with Gasteiger partial charge in [0, 0.05) is 18.9 Å². The van der Waals surface area contributed by atoms with Crippen molar-refractivity contribution in [2.45, 2.75) is 24.3 Å². The molecule has 0 radical (unpaired) electrons. The van der Waals surface area contributed by atoms with Gasteiger partial charge in [-0.3, -0.25) is 4.79 Å². The summed E-state index contributed by atoms with van der Waals surface area (Å²) in [6, 6.07) is -0.511. The van der Waals surface area contributed by atoms with Crippen LogP contribution in [0.5, 0.6) is 0 Å². The van der Waals surface area contributed by atoms with E-state index in [9.17, 15) is 22.8 Å². The zero-order chi connectivity index (χ0) is 15.3. The van der Waals surface area contributed by atoms with E-state index in [1.54, 1.807) is 0 Å². The van der Waals surface area contributed by atoms with Gasteiger partial charge < -0.3 is 10.4 Å². The number of thioether (sulfide) groups is 1. The van der Waals surface area contributed by atoms with Crippen molar-refractivity contribution in [2.24, 2.45) is 0 Å². The molecule has 1 heterocycles. The molecule has 0 fully saturated rings. The highest BCUT2D eigenvalue weighted by molar-refractivity contribution is 7.99. The first kappa shape index (κ1) is 16.2. The van der Waals surface area contributed by atoms with Crippen LogP contribution in [0.3, 0.4) is 0 Å². The van der Waals surface area contributed by atoms with Crippen molar-refractivity contribution in [2.75, 3.05) is 5.75 Å². The maximum atomic E-state index is 12.4. The summed E-state index contributed by atoms with van der Waals surface area (Å²) in [4.78, 5) is 28.5. The predicted molar refractivity (Wildman–Crippen MR) is 63.0 cm³/mol. The van der Waals surface area contributed by atoms with Crippen LogP contribution in [0.1, 0.15) is 12.6 Å². The minimum Gasteiger partial charge on any atom is -0.480 e. The zero-order valence-electron chi connectivity index (χ0n) is 10.1. The van der Waals surface area contributed by atoms with Crippen LogP contribution in [-0.2, 0) is 15.8 Å². The molecule has 1 aromatic rings. The fourth-order valence-electron chi connectivity index (χ4n) is 1.15. The van der Waals surface area contributed by atoms with Gasteiger partial charge in [-0.15, -0.1) is 0 Å². The van der Waals surface area contributed by atoms with E-state index in [1.165, 1.54) is 0 Å². The zero-order valence-corrected chi connectivity index (χ0v) is 11.0. The first-order valence-corrected chi connectivity index (χ1v) is 6.21. The van der Waals surface area contributed by atoms with E-state index in [1.807, 2.05) is 0 Å². The minimum absolute atomic E-state index is 0.184. The molecule has 0 aromatic carbocycles. The number of hydrogen-bond donors (Lipinski definition) is 2. The molecule has 0 aliphatic rings. The van der Waals surface area contributed by atoms with Crippen molar-refractivity contribution in [3.05, 3.63) is 18.0 Å². The third-order valence-electron chi connectivity index (χ3n) is 1.98. The number of aromatic nitrogens is 2. The number of rotatable bonds is 5. The Hall–Kier alpha value is -1.84. The molecular formula is C10H10F3N3O3S. The van der Waals surface area contributed by atoms with Crippen molar-refractivity contribution < 1.29 is 27.9 Å². The number of nitrogens with one attached hydrogen (secondary N) is 1. The molecule has 20 heavy (non-hydrogen) atoms. The molecule has 0 aliphatic carbocycles. The molecule has 0 aliphatic heterocycles. The summed E-state index contributed by atoms with van der Waals surface area (Å²) in [5, 5.41) is 10.8. The molecule has 1 atom stereocenters. The number of carbonyl (C=O) groups is 2. The van der Waals surface area contributed by atoms with Crippen LogP contribution in [0.25, 0.3) is 0 Å². The first-order valence-electron chi connectivity index (χ1n) is 5.23. The van der Waals surface area contributed by atoms with Crippen LogP contribution >= 0.6 is 11.8 Å². The van der Waals surface area contributed by atoms with E-state index in [2.05, 4.69) is 15.3 Å². The Kier molecular flexibility index (Phi) is 5.31. The fourth-order valence-corrected chi connectivity index (χ4v) is 1.99. The number of carbonyl (C=O) groups excluding carboxylic acids is 1. The summed E-state index contributed by atoms with van der Waals surface area (Å²) >= 11 is 0.711. The summed E-state index contributed by atoms with van der Waals surface area (Å²) in [6.07, 6.45) is -3.66. The number of carboxylic acid groups (broad SMARTS) is 1. The van der Waals surface area contributed by atoms with Crippen molar-refractivity contribution in [3.63, 3.8) is 0 Å². The topological polar surface area (TPSA) is 92.2 Å². The van der Waals surface area contributed by atoms with Gasteiger partial charge in [-0.2, -0.15) is 13.2 Å². The van der Waals surface area contributed by atoms with Crippen LogP contribution in [0.2, 0.25) is 0 Å². The van der Waals surface area contributed by atoms with E-state index in [-0.39, 0.29) is 10.9 Å². The standard InChI is InChI=1S/C10H10F3N3O3S/c1-5(17)15-6(8(18)19)4-20-9-14-3-2-7(16-9)10(11,12)13/h2-3,6H,4H2,1H3,(H,15,17)(H,18,19)/t6-/m0/s1. The Bertz CT molecular complexity index is 510. The van der Waals surface area contributed by atoms with Gasteiger partial charge in [0.05, 0.1) is 0 Å². The molecule has 6 nitrogen and oxygen atoms in total. The van der Waals surface area contributed by atoms with Crippen molar-refractivity contribution >= 4 is 23.6 Å². The molecule has 1 amide bonds. The predicted octanol–water partition coefficient (Wildman–Crippen LogP) is 1.18. The van der Waals surface area contributed by atoms with E-state index < -0.39 is 29.8 Å². The average molecular weight is 309 g/mol. The summed E-state index contributed by atoms with van der Waals surface area (Å²) in [6.45, 7) is 1.14. The lowest BCUT2D eigenvalue weighted by molar-refractivity contribution is -0.142. The van der Waals surface area contributed by atoms with Crippen LogP contribution in [0.15, 0.2) is 17.4 Å². The van der Waals surface area contributed by atoms with Crippen molar-refractivity contribution in [3.8, 4) is 0 Å². The van der Waals surface area contributed by atoms with Gasteiger partial charge >= 0.3 is 12.1 Å². The molecule has 0 unspecified atom stereocenters. The largest absolute Gasteiger partial charge is 0.480 e. The maximum Gasteiger partial charge on any atom is 0.433 e. The Morgan fingerprint density at radius 2 is 2.15 bits per heavy atom. The molecule has 110 valence electrons.